The van der Waals surface area contributed by atoms with Gasteiger partial charge in [0.2, 0.25) is 5.91 Å². The number of carbonyl (C=O) groups excluding carboxylic acids is 1. The van der Waals surface area contributed by atoms with Crippen LogP contribution < -0.4 is 4.74 Å². The highest BCUT2D eigenvalue weighted by Crippen LogP contribution is 2.62. The molecule has 126 valence electrons. The van der Waals surface area contributed by atoms with E-state index < -0.39 is 0 Å². The summed E-state index contributed by atoms with van der Waals surface area (Å²) in [6.07, 6.45) is 1.43. The molecule has 0 bridgehead atoms. The van der Waals surface area contributed by atoms with E-state index in [0.29, 0.717) is 25.5 Å². The molecule has 2 aliphatic rings. The Labute approximate surface area is 138 Å². The van der Waals surface area contributed by atoms with Gasteiger partial charge in [0.15, 0.2) is 0 Å². The molecule has 0 radical (unpaired) electrons. The lowest BCUT2D eigenvalue weighted by Crippen LogP contribution is -2.54. The highest BCUT2D eigenvalue weighted by atomic mass is 16.5. The van der Waals surface area contributed by atoms with Crippen molar-refractivity contribution in [2.45, 2.75) is 33.6 Å². The molecule has 0 spiro atoms. The van der Waals surface area contributed by atoms with Crippen molar-refractivity contribution in [3.05, 3.63) is 29.8 Å². The molecule has 1 aromatic rings. The van der Waals surface area contributed by atoms with Gasteiger partial charge < -0.3 is 14.7 Å². The minimum atomic E-state index is -0.0576. The van der Waals surface area contributed by atoms with Crippen LogP contribution in [0.3, 0.4) is 0 Å². The van der Waals surface area contributed by atoms with E-state index in [9.17, 15) is 9.90 Å². The minimum Gasteiger partial charge on any atom is -0.494 e. The predicted octanol–water partition coefficient (Wildman–Crippen LogP) is 2.49. The van der Waals surface area contributed by atoms with Crippen LogP contribution in [-0.2, 0) is 11.2 Å². The Balaban J connectivity index is 1.63. The predicted molar refractivity (Wildman–Crippen MR) is 89.3 cm³/mol. The first kappa shape index (κ1) is 16.3. The number of ether oxygens (including phenoxy) is 1. The van der Waals surface area contributed by atoms with Crippen LogP contribution >= 0.6 is 0 Å². The molecule has 0 unspecified atom stereocenters. The number of fused-ring (bicyclic) bond motifs is 1. The molecule has 1 saturated heterocycles. The van der Waals surface area contributed by atoms with Crippen LogP contribution in [0.4, 0.5) is 0 Å². The number of hydrogen-bond acceptors (Lipinski definition) is 3. The van der Waals surface area contributed by atoms with Gasteiger partial charge in [-0.2, -0.15) is 0 Å². The Kier molecular flexibility index (Phi) is 4.13. The van der Waals surface area contributed by atoms with Crippen molar-refractivity contribution < 1.29 is 14.6 Å². The zero-order valence-corrected chi connectivity index (χ0v) is 14.3. The van der Waals surface area contributed by atoms with E-state index in [1.807, 2.05) is 36.1 Å². The largest absolute Gasteiger partial charge is 0.494 e. The molecule has 1 heterocycles. The number of benzene rings is 1. The average molecular weight is 317 g/mol. The Morgan fingerprint density at radius 3 is 2.57 bits per heavy atom. The van der Waals surface area contributed by atoms with Crippen LogP contribution in [0.25, 0.3) is 0 Å². The van der Waals surface area contributed by atoms with Crippen molar-refractivity contribution in [3.8, 4) is 5.75 Å². The lowest BCUT2D eigenvalue weighted by Gasteiger charge is -2.55. The summed E-state index contributed by atoms with van der Waals surface area (Å²) >= 11 is 0. The molecule has 4 nitrogen and oxygen atoms in total. The highest BCUT2D eigenvalue weighted by Gasteiger charge is 2.62. The molecule has 2 atom stereocenters. The number of aliphatic hydroxyl groups excluding tert-OH is 1. The smallest absolute Gasteiger partial charge is 0.227 e. The molecule has 4 heteroatoms. The summed E-state index contributed by atoms with van der Waals surface area (Å²) < 4.78 is 5.43. The lowest BCUT2D eigenvalue weighted by atomic mass is 9.48. The molecular formula is C19H27NO3. The van der Waals surface area contributed by atoms with Crippen LogP contribution in [0, 0.1) is 16.7 Å². The van der Waals surface area contributed by atoms with Crippen molar-refractivity contribution in [1.82, 2.24) is 4.90 Å². The fraction of sp³-hybridized carbons (Fsp3) is 0.632. The maximum atomic E-state index is 12.6. The fourth-order valence-electron chi connectivity index (χ4n) is 4.69. The first-order valence-corrected chi connectivity index (χ1v) is 8.50. The van der Waals surface area contributed by atoms with Gasteiger partial charge in [-0.05, 0) is 42.4 Å². The number of nitrogens with zero attached hydrogens (tertiary/aromatic N) is 1. The first-order valence-electron chi connectivity index (χ1n) is 8.50. The number of carbonyl (C=O) groups is 1. The van der Waals surface area contributed by atoms with Gasteiger partial charge >= 0.3 is 0 Å². The van der Waals surface area contributed by atoms with E-state index in [-0.39, 0.29) is 23.3 Å². The van der Waals surface area contributed by atoms with Crippen molar-refractivity contribution in [1.29, 1.82) is 0 Å². The average Bonchev–Trinajstić information content (AvgIpc) is 2.85. The van der Waals surface area contributed by atoms with Crippen molar-refractivity contribution in [2.24, 2.45) is 16.7 Å². The molecule has 1 saturated carbocycles. The molecule has 1 aromatic carbocycles. The van der Waals surface area contributed by atoms with Crippen molar-refractivity contribution in [3.63, 3.8) is 0 Å². The molecule has 0 aromatic heterocycles. The topological polar surface area (TPSA) is 49.8 Å². The van der Waals surface area contributed by atoms with Crippen molar-refractivity contribution >= 4 is 5.91 Å². The molecular weight excluding hydrogens is 290 g/mol. The van der Waals surface area contributed by atoms with Gasteiger partial charge in [0.1, 0.15) is 5.75 Å². The number of hydrogen-bond donors (Lipinski definition) is 1. The summed E-state index contributed by atoms with van der Waals surface area (Å²) in [7, 11) is 0. The summed E-state index contributed by atoms with van der Waals surface area (Å²) in [4.78, 5) is 14.6. The van der Waals surface area contributed by atoms with Crippen LogP contribution in [0.2, 0.25) is 0 Å². The van der Waals surface area contributed by atoms with E-state index >= 15 is 0 Å². The first-order chi connectivity index (χ1) is 10.9. The van der Waals surface area contributed by atoms with Crippen LogP contribution in [0.15, 0.2) is 24.3 Å². The third-order valence-electron chi connectivity index (χ3n) is 5.66. The molecule has 1 aliphatic carbocycles. The molecule has 3 rings (SSSR count). The van der Waals surface area contributed by atoms with Gasteiger partial charge in [-0.3, -0.25) is 4.79 Å². The maximum Gasteiger partial charge on any atom is 0.227 e. The van der Waals surface area contributed by atoms with Gasteiger partial charge in [-0.25, -0.2) is 0 Å². The highest BCUT2D eigenvalue weighted by molar-refractivity contribution is 5.79. The quantitative estimate of drug-likeness (QED) is 0.908. The molecule has 1 amide bonds. The number of rotatable bonds is 5. The fourth-order valence-corrected chi connectivity index (χ4v) is 4.69. The zero-order chi connectivity index (χ0) is 16.7. The summed E-state index contributed by atoms with van der Waals surface area (Å²) in [6.45, 7) is 8.76. The van der Waals surface area contributed by atoms with Gasteiger partial charge in [0.25, 0.3) is 0 Å². The molecule has 1 N–H and O–H groups in total. The van der Waals surface area contributed by atoms with E-state index in [2.05, 4.69) is 13.8 Å². The Morgan fingerprint density at radius 2 is 2.04 bits per heavy atom. The molecule has 2 fully saturated rings. The maximum absolute atomic E-state index is 12.6. The van der Waals surface area contributed by atoms with Crippen molar-refractivity contribution in [2.75, 3.05) is 26.3 Å². The van der Waals surface area contributed by atoms with Gasteiger partial charge in [0, 0.05) is 18.5 Å². The van der Waals surface area contributed by atoms with E-state index in [1.165, 1.54) is 0 Å². The standard InChI is InChI=1S/C19H27NO3/c1-4-23-15-7-5-14(6-8-15)9-17(22)20-10-16-18(2,3)11-19(16,12-20)13-21/h5-8,16,21H,4,9-13H2,1-3H3/t16-,19-/m1/s1. The van der Waals surface area contributed by atoms with Crippen LogP contribution in [0.1, 0.15) is 32.8 Å². The monoisotopic (exact) mass is 317 g/mol. The zero-order valence-electron chi connectivity index (χ0n) is 14.3. The van der Waals surface area contributed by atoms with E-state index in [1.54, 1.807) is 0 Å². The number of likely N-dealkylation sites (tertiary alicyclic amines) is 1. The second-order valence-electron chi connectivity index (χ2n) is 7.77. The van der Waals surface area contributed by atoms with E-state index in [4.69, 9.17) is 4.74 Å². The second kappa shape index (κ2) is 5.82. The Hall–Kier alpha value is -1.55. The van der Waals surface area contributed by atoms with Gasteiger partial charge in [0.05, 0.1) is 19.6 Å². The minimum absolute atomic E-state index is 0.0576. The Morgan fingerprint density at radius 1 is 1.35 bits per heavy atom. The number of aliphatic hydroxyl groups is 1. The summed E-state index contributed by atoms with van der Waals surface area (Å²) in [5.41, 5.74) is 1.18. The molecule has 23 heavy (non-hydrogen) atoms. The third-order valence-corrected chi connectivity index (χ3v) is 5.66. The second-order valence-corrected chi connectivity index (χ2v) is 7.77. The van der Waals surface area contributed by atoms with Crippen LogP contribution in [0.5, 0.6) is 5.75 Å². The van der Waals surface area contributed by atoms with Gasteiger partial charge in [-0.15, -0.1) is 0 Å². The lowest BCUT2D eigenvalue weighted by molar-refractivity contribution is -0.130. The summed E-state index contributed by atoms with van der Waals surface area (Å²) in [5, 5.41) is 9.80. The SMILES string of the molecule is CCOc1ccc(CC(=O)N2C[C@@H]3C(C)(C)C[C@]3(CO)C2)cc1. The normalized spacial score (nSPS) is 28.2. The number of amides is 1. The van der Waals surface area contributed by atoms with Gasteiger partial charge in [-0.1, -0.05) is 26.0 Å². The summed E-state index contributed by atoms with van der Waals surface area (Å²) in [6, 6.07) is 7.74. The third kappa shape index (κ3) is 2.85. The molecule has 1 aliphatic heterocycles. The van der Waals surface area contributed by atoms with E-state index in [0.717, 1.165) is 24.3 Å². The summed E-state index contributed by atoms with van der Waals surface area (Å²) in [5.74, 6) is 1.42. The Bertz CT molecular complexity index is 581. The van der Waals surface area contributed by atoms with Crippen LogP contribution in [-0.4, -0.2) is 42.2 Å².